The molecule has 1 saturated carbocycles. The van der Waals surface area contributed by atoms with Gasteiger partial charge in [-0.05, 0) is 31.7 Å². The van der Waals surface area contributed by atoms with Gasteiger partial charge in [0.25, 0.3) is 0 Å². The summed E-state index contributed by atoms with van der Waals surface area (Å²) in [6, 6.07) is 0. The van der Waals surface area contributed by atoms with Crippen LogP contribution in [0.2, 0.25) is 0 Å². The molecule has 0 aromatic carbocycles. The van der Waals surface area contributed by atoms with E-state index in [1.807, 2.05) is 0 Å². The molecule has 3 heterocycles. The summed E-state index contributed by atoms with van der Waals surface area (Å²) in [5.74, 6) is 1.16. The van der Waals surface area contributed by atoms with E-state index in [4.69, 9.17) is 10.7 Å². The van der Waals surface area contributed by atoms with Gasteiger partial charge in [0.05, 0.1) is 17.9 Å². The topological polar surface area (TPSA) is 113 Å². The Morgan fingerprint density at radius 2 is 2.36 bits per heavy atom. The van der Waals surface area contributed by atoms with Crippen molar-refractivity contribution in [3.8, 4) is 0 Å². The van der Waals surface area contributed by atoms with E-state index >= 15 is 0 Å². The minimum absolute atomic E-state index is 0.124. The predicted octanol–water partition coefficient (Wildman–Crippen LogP) is -0.129. The van der Waals surface area contributed by atoms with Gasteiger partial charge >= 0.3 is 0 Å². The maximum Gasteiger partial charge on any atom is 0.241 e. The highest BCUT2D eigenvalue weighted by molar-refractivity contribution is 5.95. The van der Waals surface area contributed by atoms with Crippen LogP contribution in [0.1, 0.15) is 30.5 Å². The van der Waals surface area contributed by atoms with Crippen molar-refractivity contribution in [3.63, 3.8) is 0 Å². The molecule has 2 fully saturated rings. The molecule has 1 unspecified atom stereocenters. The number of hydrogen-bond acceptors (Lipinski definition) is 7. The van der Waals surface area contributed by atoms with Crippen LogP contribution in [0.25, 0.3) is 0 Å². The lowest BCUT2D eigenvalue weighted by atomic mass is 9.77. The summed E-state index contributed by atoms with van der Waals surface area (Å²) in [5, 5.41) is 6.54. The highest BCUT2D eigenvalue weighted by Gasteiger charge is 2.51. The number of aromatic nitrogens is 2. The molecular formula is C17H22N6O2. The van der Waals surface area contributed by atoms with E-state index in [-0.39, 0.29) is 18.1 Å². The van der Waals surface area contributed by atoms with E-state index in [0.717, 1.165) is 24.3 Å². The molecule has 1 saturated heterocycles. The summed E-state index contributed by atoms with van der Waals surface area (Å²) in [4.78, 5) is 35.1. The maximum atomic E-state index is 13.2. The Kier molecular flexibility index (Phi) is 3.91. The van der Waals surface area contributed by atoms with Crippen LogP contribution < -0.4 is 16.4 Å². The fraction of sp³-hybridized carbons (Fsp3) is 0.529. The fourth-order valence-corrected chi connectivity index (χ4v) is 3.66. The summed E-state index contributed by atoms with van der Waals surface area (Å²) in [6.45, 7) is 2.37. The van der Waals surface area contributed by atoms with Gasteiger partial charge in [0.2, 0.25) is 11.9 Å². The van der Waals surface area contributed by atoms with Crippen molar-refractivity contribution < 1.29 is 9.59 Å². The van der Waals surface area contributed by atoms with E-state index < -0.39 is 5.41 Å². The summed E-state index contributed by atoms with van der Waals surface area (Å²) in [5.41, 5.74) is 6.59. The highest BCUT2D eigenvalue weighted by Crippen LogP contribution is 2.39. The quantitative estimate of drug-likeness (QED) is 0.504. The van der Waals surface area contributed by atoms with Crippen LogP contribution in [0.3, 0.4) is 0 Å². The van der Waals surface area contributed by atoms with Crippen LogP contribution in [0.4, 0.5) is 5.95 Å². The zero-order valence-corrected chi connectivity index (χ0v) is 14.0. The van der Waals surface area contributed by atoms with Gasteiger partial charge in [-0.3, -0.25) is 9.59 Å². The van der Waals surface area contributed by atoms with Crippen molar-refractivity contribution in [2.45, 2.75) is 31.2 Å². The molecule has 1 aromatic heterocycles. The van der Waals surface area contributed by atoms with Crippen molar-refractivity contribution in [2.75, 3.05) is 25.0 Å². The molecule has 0 radical (unpaired) electrons. The van der Waals surface area contributed by atoms with Gasteiger partial charge in [-0.2, -0.15) is 0 Å². The van der Waals surface area contributed by atoms with Crippen LogP contribution in [-0.4, -0.2) is 46.7 Å². The predicted molar refractivity (Wildman–Crippen MR) is 91.3 cm³/mol. The van der Waals surface area contributed by atoms with Gasteiger partial charge in [0.1, 0.15) is 5.41 Å². The lowest BCUT2D eigenvalue weighted by Gasteiger charge is -2.39. The second-order valence-electron chi connectivity index (χ2n) is 7.00. The number of rotatable bonds is 5. The van der Waals surface area contributed by atoms with E-state index in [9.17, 15) is 9.59 Å². The van der Waals surface area contributed by atoms with Gasteiger partial charge in [-0.25, -0.2) is 9.97 Å². The molecule has 8 nitrogen and oxygen atoms in total. The summed E-state index contributed by atoms with van der Waals surface area (Å²) in [6.07, 6.45) is 6.70. The third-order valence-corrected chi connectivity index (χ3v) is 5.31. The van der Waals surface area contributed by atoms with Crippen molar-refractivity contribution in [3.05, 3.63) is 29.4 Å². The number of allylic oxidation sites excluding steroid dienone is 1. The molecule has 1 spiro atoms. The summed E-state index contributed by atoms with van der Waals surface area (Å²) >= 11 is 0. The lowest BCUT2D eigenvalue weighted by molar-refractivity contribution is -0.137. The molecule has 1 amide bonds. The van der Waals surface area contributed by atoms with Gasteiger partial charge in [-0.15, -0.1) is 0 Å². The molecule has 25 heavy (non-hydrogen) atoms. The molecule has 4 rings (SSSR count). The van der Waals surface area contributed by atoms with Gasteiger partial charge in [0, 0.05) is 31.0 Å². The third-order valence-electron chi connectivity index (χ3n) is 5.31. The number of nitrogens with one attached hydrogen (secondary N) is 2. The number of carbonyl (C=O) groups is 2. The van der Waals surface area contributed by atoms with Gasteiger partial charge < -0.3 is 21.3 Å². The molecule has 8 heteroatoms. The molecule has 2 aliphatic heterocycles. The standard InChI is InChI=1S/C17H22N6O2/c18-5-13(9-24)23-8-12-7-21-16(20-6-11-1-2-11)22-14(12)17(15(23)25)3-4-19-10-17/h5,7,9,11,19H,1-4,6,8,10,18H2,(H,20,21,22)/b13-5+. The summed E-state index contributed by atoms with van der Waals surface area (Å²) < 4.78 is 0. The molecular weight excluding hydrogens is 320 g/mol. The van der Waals surface area contributed by atoms with Gasteiger partial charge in [-0.1, -0.05) is 0 Å². The molecule has 1 aliphatic carbocycles. The Hall–Kier alpha value is -2.48. The Labute approximate surface area is 145 Å². The number of carbonyl (C=O) groups excluding carboxylic acids is 2. The van der Waals surface area contributed by atoms with Crippen molar-refractivity contribution in [2.24, 2.45) is 11.7 Å². The van der Waals surface area contributed by atoms with Crippen LogP contribution in [0.5, 0.6) is 0 Å². The van der Waals surface area contributed by atoms with E-state index in [0.29, 0.717) is 31.1 Å². The average Bonchev–Trinajstić information content (AvgIpc) is 3.34. The highest BCUT2D eigenvalue weighted by atomic mass is 16.2. The first kappa shape index (κ1) is 16.0. The minimum atomic E-state index is -0.760. The number of nitrogens with two attached hydrogens (primary N) is 1. The second-order valence-corrected chi connectivity index (χ2v) is 7.00. The SMILES string of the molecule is N/C=C(\C=O)N1Cc2cnc(NCC3CC3)nc2C2(CCNC2)C1=O. The molecule has 132 valence electrons. The average molecular weight is 342 g/mol. The first-order valence-electron chi connectivity index (χ1n) is 8.68. The molecule has 1 aromatic rings. The zero-order valence-electron chi connectivity index (χ0n) is 14.0. The number of nitrogens with zero attached hydrogens (tertiary/aromatic N) is 3. The zero-order chi connectivity index (χ0) is 17.4. The number of hydrogen-bond donors (Lipinski definition) is 3. The number of aldehydes is 1. The van der Waals surface area contributed by atoms with E-state index in [2.05, 4.69) is 15.6 Å². The van der Waals surface area contributed by atoms with Crippen LogP contribution in [0, 0.1) is 5.92 Å². The van der Waals surface area contributed by atoms with Crippen molar-refractivity contribution >= 4 is 18.1 Å². The molecule has 3 aliphatic rings. The Morgan fingerprint density at radius 1 is 1.52 bits per heavy atom. The number of amides is 1. The second kappa shape index (κ2) is 6.11. The minimum Gasteiger partial charge on any atom is -0.403 e. The lowest BCUT2D eigenvalue weighted by Crippen LogP contribution is -2.52. The van der Waals surface area contributed by atoms with Crippen LogP contribution in [0.15, 0.2) is 18.1 Å². The monoisotopic (exact) mass is 342 g/mol. The Bertz CT molecular complexity index is 737. The van der Waals surface area contributed by atoms with E-state index in [1.54, 1.807) is 6.20 Å². The third kappa shape index (κ3) is 2.66. The van der Waals surface area contributed by atoms with Crippen molar-refractivity contribution in [1.29, 1.82) is 0 Å². The first-order chi connectivity index (χ1) is 12.2. The van der Waals surface area contributed by atoms with Crippen LogP contribution in [-0.2, 0) is 21.5 Å². The molecule has 1 atom stereocenters. The summed E-state index contributed by atoms with van der Waals surface area (Å²) in [7, 11) is 0. The number of anilines is 1. The van der Waals surface area contributed by atoms with Crippen LogP contribution >= 0.6 is 0 Å². The normalized spacial score (nSPS) is 26.0. The van der Waals surface area contributed by atoms with Gasteiger partial charge in [0.15, 0.2) is 6.29 Å². The van der Waals surface area contributed by atoms with E-state index in [1.165, 1.54) is 23.9 Å². The number of fused-ring (bicyclic) bond motifs is 2. The molecule has 4 N–H and O–H groups in total. The first-order valence-corrected chi connectivity index (χ1v) is 8.68. The largest absolute Gasteiger partial charge is 0.403 e. The molecule has 0 bridgehead atoms. The maximum absolute atomic E-state index is 13.2. The Morgan fingerprint density at radius 3 is 3.00 bits per heavy atom. The Balaban J connectivity index is 1.72. The van der Waals surface area contributed by atoms with Crippen molar-refractivity contribution in [1.82, 2.24) is 20.2 Å². The fourth-order valence-electron chi connectivity index (χ4n) is 3.66. The smallest absolute Gasteiger partial charge is 0.241 e.